The smallest absolute Gasteiger partial charge is 0.250 e. The van der Waals surface area contributed by atoms with Gasteiger partial charge in [-0.15, -0.1) is 11.3 Å². The van der Waals surface area contributed by atoms with Crippen molar-refractivity contribution in [2.75, 3.05) is 5.75 Å². The van der Waals surface area contributed by atoms with Crippen molar-refractivity contribution in [2.24, 2.45) is 5.10 Å². The number of hydrazone groups is 1. The van der Waals surface area contributed by atoms with Crippen molar-refractivity contribution in [1.82, 2.24) is 10.4 Å². The van der Waals surface area contributed by atoms with Crippen molar-refractivity contribution in [3.63, 3.8) is 0 Å². The molecule has 0 saturated heterocycles. The standard InChI is InChI=1S/C23H18FN3O2S2/c24-18-11-9-16(10-12-18)14-29-20-7-3-1-5-17(20)13-25-27-22(28)15-30-23-26-19-6-2-4-8-21(19)31-23/h1-13H,14-15H2,(H,27,28)/b25-13+. The van der Waals surface area contributed by atoms with E-state index in [0.717, 1.165) is 25.7 Å². The van der Waals surface area contributed by atoms with E-state index >= 15 is 0 Å². The van der Waals surface area contributed by atoms with Gasteiger partial charge in [-0.05, 0) is 42.0 Å². The largest absolute Gasteiger partial charge is 0.488 e. The Bertz CT molecular complexity index is 1180. The minimum Gasteiger partial charge on any atom is -0.488 e. The van der Waals surface area contributed by atoms with Crippen LogP contribution in [-0.4, -0.2) is 22.9 Å². The number of carbonyl (C=O) groups is 1. The molecule has 0 fully saturated rings. The Balaban J connectivity index is 1.29. The molecule has 3 aromatic carbocycles. The number of ether oxygens (including phenoxy) is 1. The molecular formula is C23H18FN3O2S2. The fourth-order valence-electron chi connectivity index (χ4n) is 2.71. The Morgan fingerprint density at radius 1 is 1.10 bits per heavy atom. The molecule has 1 aromatic heterocycles. The topological polar surface area (TPSA) is 63.6 Å². The number of aromatic nitrogens is 1. The molecule has 4 aromatic rings. The van der Waals surface area contributed by atoms with Gasteiger partial charge in [0.05, 0.1) is 22.2 Å². The van der Waals surface area contributed by atoms with E-state index in [2.05, 4.69) is 15.5 Å². The van der Waals surface area contributed by atoms with Crippen LogP contribution >= 0.6 is 23.1 Å². The average molecular weight is 452 g/mol. The molecule has 0 unspecified atom stereocenters. The SMILES string of the molecule is O=C(CSc1nc2ccccc2s1)N/N=C/c1ccccc1OCc1ccc(F)cc1. The normalized spacial score (nSPS) is 11.1. The maximum Gasteiger partial charge on any atom is 0.250 e. The number of nitrogens with zero attached hydrogens (tertiary/aromatic N) is 2. The predicted octanol–water partition coefficient (Wildman–Crippen LogP) is 5.26. The summed E-state index contributed by atoms with van der Waals surface area (Å²) in [6.45, 7) is 0.302. The van der Waals surface area contributed by atoms with Crippen LogP contribution < -0.4 is 10.2 Å². The number of fused-ring (bicyclic) bond motifs is 1. The molecule has 0 aliphatic rings. The molecule has 0 spiro atoms. The van der Waals surface area contributed by atoms with Crippen LogP contribution in [0.2, 0.25) is 0 Å². The number of halogens is 1. The lowest BCUT2D eigenvalue weighted by atomic mass is 10.2. The van der Waals surface area contributed by atoms with Crippen LogP contribution in [0.1, 0.15) is 11.1 Å². The highest BCUT2D eigenvalue weighted by Crippen LogP contribution is 2.29. The second kappa shape index (κ2) is 10.2. The van der Waals surface area contributed by atoms with Crippen LogP contribution in [0.3, 0.4) is 0 Å². The monoisotopic (exact) mass is 451 g/mol. The summed E-state index contributed by atoms with van der Waals surface area (Å²) in [6.07, 6.45) is 1.54. The summed E-state index contributed by atoms with van der Waals surface area (Å²) < 4.78 is 20.8. The Hall–Kier alpha value is -3.23. The number of thioether (sulfide) groups is 1. The first-order valence-electron chi connectivity index (χ1n) is 9.44. The highest BCUT2D eigenvalue weighted by molar-refractivity contribution is 8.01. The zero-order valence-electron chi connectivity index (χ0n) is 16.3. The summed E-state index contributed by atoms with van der Waals surface area (Å²) in [7, 11) is 0. The molecule has 1 heterocycles. The van der Waals surface area contributed by atoms with Gasteiger partial charge in [0, 0.05) is 5.56 Å². The van der Waals surface area contributed by atoms with Crippen molar-refractivity contribution in [3.05, 3.63) is 89.7 Å². The van der Waals surface area contributed by atoms with E-state index in [-0.39, 0.29) is 17.5 Å². The van der Waals surface area contributed by atoms with E-state index in [0.29, 0.717) is 12.4 Å². The van der Waals surface area contributed by atoms with E-state index in [9.17, 15) is 9.18 Å². The number of hydrogen-bond donors (Lipinski definition) is 1. The Morgan fingerprint density at radius 2 is 1.87 bits per heavy atom. The first-order valence-corrected chi connectivity index (χ1v) is 11.2. The van der Waals surface area contributed by atoms with Crippen molar-refractivity contribution < 1.29 is 13.9 Å². The number of benzene rings is 3. The van der Waals surface area contributed by atoms with Gasteiger partial charge in [0.2, 0.25) is 0 Å². The van der Waals surface area contributed by atoms with Gasteiger partial charge in [-0.3, -0.25) is 4.79 Å². The van der Waals surface area contributed by atoms with E-state index in [1.807, 2.05) is 48.5 Å². The quantitative estimate of drug-likeness (QED) is 0.226. The molecule has 1 N–H and O–H groups in total. The second-order valence-electron chi connectivity index (χ2n) is 6.48. The number of thiazole rings is 1. The van der Waals surface area contributed by atoms with Crippen LogP contribution in [0.25, 0.3) is 10.2 Å². The molecule has 0 saturated carbocycles. The van der Waals surface area contributed by atoms with Gasteiger partial charge in [0.25, 0.3) is 5.91 Å². The van der Waals surface area contributed by atoms with Crippen molar-refractivity contribution >= 4 is 45.4 Å². The van der Waals surface area contributed by atoms with Gasteiger partial charge in [-0.1, -0.05) is 48.2 Å². The molecule has 0 aliphatic carbocycles. The van der Waals surface area contributed by atoms with Crippen LogP contribution in [0.4, 0.5) is 4.39 Å². The third kappa shape index (κ3) is 5.90. The maximum atomic E-state index is 13.0. The first-order chi connectivity index (χ1) is 15.2. The van der Waals surface area contributed by atoms with E-state index in [1.54, 1.807) is 29.7 Å². The van der Waals surface area contributed by atoms with Gasteiger partial charge in [0.15, 0.2) is 4.34 Å². The summed E-state index contributed by atoms with van der Waals surface area (Å²) in [5.74, 6) is 0.340. The third-order valence-electron chi connectivity index (χ3n) is 4.22. The second-order valence-corrected chi connectivity index (χ2v) is 8.74. The Labute approximate surface area is 187 Å². The molecule has 4 rings (SSSR count). The van der Waals surface area contributed by atoms with Gasteiger partial charge >= 0.3 is 0 Å². The van der Waals surface area contributed by atoms with Gasteiger partial charge in [-0.25, -0.2) is 14.8 Å². The lowest BCUT2D eigenvalue weighted by Gasteiger charge is -2.09. The number of amides is 1. The number of nitrogens with one attached hydrogen (secondary N) is 1. The van der Waals surface area contributed by atoms with Crippen molar-refractivity contribution in [2.45, 2.75) is 10.9 Å². The highest BCUT2D eigenvalue weighted by Gasteiger charge is 2.07. The lowest BCUT2D eigenvalue weighted by molar-refractivity contribution is -0.118. The molecule has 5 nitrogen and oxygen atoms in total. The molecule has 0 atom stereocenters. The first kappa shape index (κ1) is 21.0. The van der Waals surface area contributed by atoms with E-state index in [1.165, 1.54) is 23.9 Å². The molecule has 1 amide bonds. The van der Waals surface area contributed by atoms with Crippen molar-refractivity contribution in [1.29, 1.82) is 0 Å². The molecule has 8 heteroatoms. The van der Waals surface area contributed by atoms with Crippen LogP contribution in [-0.2, 0) is 11.4 Å². The summed E-state index contributed by atoms with van der Waals surface area (Å²) in [6, 6.07) is 21.4. The Morgan fingerprint density at radius 3 is 2.71 bits per heavy atom. The average Bonchev–Trinajstić information content (AvgIpc) is 3.21. The molecule has 31 heavy (non-hydrogen) atoms. The number of hydrogen-bond acceptors (Lipinski definition) is 6. The maximum absolute atomic E-state index is 13.0. The summed E-state index contributed by atoms with van der Waals surface area (Å²) in [5.41, 5.74) is 5.05. The number of rotatable bonds is 8. The predicted molar refractivity (Wildman–Crippen MR) is 123 cm³/mol. The van der Waals surface area contributed by atoms with Crippen LogP contribution in [0, 0.1) is 5.82 Å². The molecular weight excluding hydrogens is 433 g/mol. The van der Waals surface area contributed by atoms with E-state index < -0.39 is 0 Å². The highest BCUT2D eigenvalue weighted by atomic mass is 32.2. The summed E-state index contributed by atoms with van der Waals surface area (Å²) >= 11 is 2.94. The fraction of sp³-hybridized carbons (Fsp3) is 0.0870. The zero-order chi connectivity index (χ0) is 21.5. The molecule has 156 valence electrons. The van der Waals surface area contributed by atoms with Gasteiger partial charge in [-0.2, -0.15) is 5.10 Å². The summed E-state index contributed by atoms with van der Waals surface area (Å²) in [4.78, 5) is 16.6. The summed E-state index contributed by atoms with van der Waals surface area (Å²) in [5, 5.41) is 4.04. The van der Waals surface area contributed by atoms with Gasteiger partial charge in [0.1, 0.15) is 18.2 Å². The zero-order valence-corrected chi connectivity index (χ0v) is 18.0. The van der Waals surface area contributed by atoms with Crippen molar-refractivity contribution in [3.8, 4) is 5.75 Å². The number of para-hydroxylation sites is 2. The minimum atomic E-state index is -0.284. The Kier molecular flexibility index (Phi) is 6.91. The number of carbonyl (C=O) groups excluding carboxylic acids is 1. The van der Waals surface area contributed by atoms with Crippen LogP contribution in [0.15, 0.2) is 82.2 Å². The van der Waals surface area contributed by atoms with E-state index in [4.69, 9.17) is 4.74 Å². The van der Waals surface area contributed by atoms with Gasteiger partial charge < -0.3 is 4.74 Å². The van der Waals surface area contributed by atoms with Crippen LogP contribution in [0.5, 0.6) is 5.75 Å². The fourth-order valence-corrected chi connectivity index (χ4v) is 4.57. The lowest BCUT2D eigenvalue weighted by Crippen LogP contribution is -2.19. The molecule has 0 radical (unpaired) electrons. The molecule has 0 aliphatic heterocycles. The third-order valence-corrected chi connectivity index (χ3v) is 6.40. The minimum absolute atomic E-state index is 0.217. The molecule has 0 bridgehead atoms.